The van der Waals surface area contributed by atoms with E-state index in [1.807, 2.05) is 42.5 Å². The van der Waals surface area contributed by atoms with Gasteiger partial charge in [-0.05, 0) is 36.2 Å². The first-order valence-electron chi connectivity index (χ1n) is 7.50. The molecule has 2 aromatic carbocycles. The van der Waals surface area contributed by atoms with E-state index in [1.54, 1.807) is 12.1 Å². The summed E-state index contributed by atoms with van der Waals surface area (Å²) < 4.78 is 5.30. The third-order valence-electron chi connectivity index (χ3n) is 3.21. The van der Waals surface area contributed by atoms with Gasteiger partial charge in [-0.15, -0.1) is 0 Å². The van der Waals surface area contributed by atoms with Gasteiger partial charge >= 0.3 is 0 Å². The summed E-state index contributed by atoms with van der Waals surface area (Å²) in [5, 5.41) is 5.25. The van der Waals surface area contributed by atoms with Gasteiger partial charge in [0.2, 0.25) is 5.91 Å². The lowest BCUT2D eigenvalue weighted by atomic mass is 10.1. The molecule has 0 aliphatic heterocycles. The average molecular weight is 312 g/mol. The van der Waals surface area contributed by atoms with Gasteiger partial charge < -0.3 is 15.4 Å². The molecule has 5 heteroatoms. The van der Waals surface area contributed by atoms with Crippen LogP contribution < -0.4 is 15.4 Å². The number of hydrogen-bond donors (Lipinski definition) is 2. The van der Waals surface area contributed by atoms with Gasteiger partial charge in [0.05, 0.1) is 6.54 Å². The average Bonchev–Trinajstić information content (AvgIpc) is 2.60. The molecule has 0 saturated carbocycles. The van der Waals surface area contributed by atoms with Gasteiger partial charge in [0, 0.05) is 5.69 Å². The smallest absolute Gasteiger partial charge is 0.258 e. The first kappa shape index (κ1) is 16.5. The Kier molecular flexibility index (Phi) is 6.17. The second-order valence-electron chi connectivity index (χ2n) is 4.98. The van der Waals surface area contributed by atoms with E-state index in [0.717, 1.165) is 6.42 Å². The van der Waals surface area contributed by atoms with E-state index in [0.29, 0.717) is 11.4 Å². The second kappa shape index (κ2) is 8.58. The van der Waals surface area contributed by atoms with Crippen molar-refractivity contribution in [3.05, 3.63) is 60.2 Å². The Labute approximate surface area is 135 Å². The fourth-order valence-corrected chi connectivity index (χ4v) is 1.92. The number of rotatable bonds is 7. The van der Waals surface area contributed by atoms with Crippen LogP contribution in [0, 0.1) is 0 Å². The molecule has 23 heavy (non-hydrogen) atoms. The molecular formula is C18H20N2O3. The van der Waals surface area contributed by atoms with Crippen molar-refractivity contribution < 1.29 is 14.3 Å². The lowest BCUT2D eigenvalue weighted by Gasteiger charge is -2.08. The minimum atomic E-state index is -0.342. The fraction of sp³-hybridized carbons (Fsp3) is 0.222. The van der Waals surface area contributed by atoms with Crippen molar-refractivity contribution in [2.75, 3.05) is 18.5 Å². The lowest BCUT2D eigenvalue weighted by molar-refractivity contribution is -0.125. The zero-order valence-electron chi connectivity index (χ0n) is 13.0. The van der Waals surface area contributed by atoms with Crippen LogP contribution in [0.1, 0.15) is 12.5 Å². The summed E-state index contributed by atoms with van der Waals surface area (Å²) in [6.07, 6.45) is 0.950. The van der Waals surface area contributed by atoms with Crippen molar-refractivity contribution in [2.45, 2.75) is 13.3 Å². The molecule has 2 amide bonds. The molecule has 0 aliphatic carbocycles. The molecule has 0 radical (unpaired) electrons. The Morgan fingerprint density at radius 2 is 1.65 bits per heavy atom. The van der Waals surface area contributed by atoms with Crippen molar-refractivity contribution >= 4 is 17.5 Å². The molecule has 0 bridgehead atoms. The van der Waals surface area contributed by atoms with Crippen LogP contribution in [0.4, 0.5) is 5.69 Å². The maximum absolute atomic E-state index is 11.8. The van der Waals surface area contributed by atoms with Gasteiger partial charge in [-0.25, -0.2) is 0 Å². The number of carbonyl (C=O) groups is 2. The van der Waals surface area contributed by atoms with Crippen LogP contribution in [0.3, 0.4) is 0 Å². The summed E-state index contributed by atoms with van der Waals surface area (Å²) in [7, 11) is 0. The Hall–Kier alpha value is -2.82. The van der Waals surface area contributed by atoms with Crippen molar-refractivity contribution in [2.24, 2.45) is 0 Å². The van der Waals surface area contributed by atoms with E-state index in [-0.39, 0.29) is 25.0 Å². The highest BCUT2D eigenvalue weighted by atomic mass is 16.5. The summed E-state index contributed by atoms with van der Waals surface area (Å²) in [5.74, 6) is -0.00393. The third-order valence-corrected chi connectivity index (χ3v) is 3.21. The molecule has 0 aliphatic rings. The number of hydrogen-bond acceptors (Lipinski definition) is 3. The van der Waals surface area contributed by atoms with Gasteiger partial charge in [0.25, 0.3) is 5.91 Å². The van der Waals surface area contributed by atoms with Crippen LogP contribution in [0.5, 0.6) is 5.75 Å². The molecule has 0 atom stereocenters. The summed E-state index contributed by atoms with van der Waals surface area (Å²) in [5.41, 5.74) is 1.91. The van der Waals surface area contributed by atoms with Gasteiger partial charge in [-0.3, -0.25) is 9.59 Å². The van der Waals surface area contributed by atoms with E-state index in [4.69, 9.17) is 4.74 Å². The second-order valence-corrected chi connectivity index (χ2v) is 4.98. The minimum absolute atomic E-state index is 0.0908. The van der Waals surface area contributed by atoms with E-state index < -0.39 is 0 Å². The zero-order valence-corrected chi connectivity index (χ0v) is 13.0. The van der Waals surface area contributed by atoms with Crippen LogP contribution >= 0.6 is 0 Å². The molecule has 5 nitrogen and oxygen atoms in total. The largest absolute Gasteiger partial charge is 0.484 e. The zero-order chi connectivity index (χ0) is 16.5. The van der Waals surface area contributed by atoms with Crippen LogP contribution in [0.25, 0.3) is 0 Å². The molecule has 0 spiro atoms. The van der Waals surface area contributed by atoms with Gasteiger partial charge in [0.1, 0.15) is 5.75 Å². The first-order valence-corrected chi connectivity index (χ1v) is 7.50. The van der Waals surface area contributed by atoms with Gasteiger partial charge in [-0.2, -0.15) is 0 Å². The quantitative estimate of drug-likeness (QED) is 0.825. The predicted octanol–water partition coefficient (Wildman–Crippen LogP) is 2.38. The van der Waals surface area contributed by atoms with Gasteiger partial charge in [-0.1, -0.05) is 37.3 Å². The van der Waals surface area contributed by atoms with E-state index in [1.165, 1.54) is 5.56 Å². The molecule has 0 aromatic heterocycles. The maximum Gasteiger partial charge on any atom is 0.258 e. The highest BCUT2D eigenvalue weighted by molar-refractivity contribution is 5.94. The number of amides is 2. The molecule has 0 unspecified atom stereocenters. The number of para-hydroxylation sites is 1. The SMILES string of the molecule is CCc1ccc(NC(=O)CNC(=O)COc2ccccc2)cc1. The Morgan fingerprint density at radius 1 is 0.957 bits per heavy atom. The summed E-state index contributed by atoms with van der Waals surface area (Å²) in [4.78, 5) is 23.4. The molecule has 120 valence electrons. The number of nitrogens with one attached hydrogen (secondary N) is 2. The van der Waals surface area contributed by atoms with Crippen molar-refractivity contribution in [1.82, 2.24) is 5.32 Å². The normalized spacial score (nSPS) is 9.96. The van der Waals surface area contributed by atoms with E-state index >= 15 is 0 Å². The monoisotopic (exact) mass is 312 g/mol. The molecular weight excluding hydrogens is 292 g/mol. The van der Waals surface area contributed by atoms with Crippen LogP contribution in [-0.4, -0.2) is 25.0 Å². The molecule has 2 N–H and O–H groups in total. The Bertz CT molecular complexity index is 639. The summed E-state index contributed by atoms with van der Waals surface area (Å²) in [6.45, 7) is 1.86. The summed E-state index contributed by atoms with van der Waals surface area (Å²) in [6, 6.07) is 16.6. The molecule has 0 fully saturated rings. The van der Waals surface area contributed by atoms with Crippen molar-refractivity contribution in [1.29, 1.82) is 0 Å². The third kappa shape index (κ3) is 5.82. The number of carbonyl (C=O) groups excluding carboxylic acids is 2. The van der Waals surface area contributed by atoms with Gasteiger partial charge in [0.15, 0.2) is 6.61 Å². The topological polar surface area (TPSA) is 67.4 Å². The van der Waals surface area contributed by atoms with Crippen LogP contribution in [-0.2, 0) is 16.0 Å². The van der Waals surface area contributed by atoms with E-state index in [9.17, 15) is 9.59 Å². The highest BCUT2D eigenvalue weighted by Crippen LogP contribution is 2.09. The van der Waals surface area contributed by atoms with E-state index in [2.05, 4.69) is 17.6 Å². The molecule has 0 saturated heterocycles. The molecule has 2 aromatic rings. The number of anilines is 1. The molecule has 0 heterocycles. The van der Waals surface area contributed by atoms with Crippen LogP contribution in [0.2, 0.25) is 0 Å². The standard InChI is InChI=1S/C18H20N2O3/c1-2-14-8-10-15(11-9-14)20-17(21)12-19-18(22)13-23-16-6-4-3-5-7-16/h3-11H,2,12-13H2,1H3,(H,19,22)(H,20,21). The fourth-order valence-electron chi connectivity index (χ4n) is 1.92. The van der Waals surface area contributed by atoms with Crippen molar-refractivity contribution in [3.8, 4) is 5.75 Å². The first-order chi connectivity index (χ1) is 11.2. The minimum Gasteiger partial charge on any atom is -0.484 e. The number of ether oxygens (including phenoxy) is 1. The highest BCUT2D eigenvalue weighted by Gasteiger charge is 2.06. The lowest BCUT2D eigenvalue weighted by Crippen LogP contribution is -2.35. The number of benzene rings is 2. The molecule has 2 rings (SSSR count). The predicted molar refractivity (Wildman–Crippen MR) is 89.4 cm³/mol. The van der Waals surface area contributed by atoms with Crippen molar-refractivity contribution in [3.63, 3.8) is 0 Å². The summed E-state index contributed by atoms with van der Waals surface area (Å²) >= 11 is 0. The Morgan fingerprint density at radius 3 is 2.30 bits per heavy atom. The maximum atomic E-state index is 11.8. The number of aryl methyl sites for hydroxylation is 1. The van der Waals surface area contributed by atoms with Crippen LogP contribution in [0.15, 0.2) is 54.6 Å². The Balaban J connectivity index is 1.69.